The molecule has 0 unspecified atom stereocenters. The topological polar surface area (TPSA) is 76.7 Å². The molecule has 2 rings (SSSR count). The number of hydrogen-bond donors (Lipinski definition) is 2. The Balaban J connectivity index is 1.81. The molecule has 1 saturated heterocycles. The summed E-state index contributed by atoms with van der Waals surface area (Å²) in [6.07, 6.45) is 3.03. The lowest BCUT2D eigenvalue weighted by Crippen LogP contribution is -2.50. The second kappa shape index (κ2) is 5.01. The van der Waals surface area contributed by atoms with Crippen molar-refractivity contribution in [1.29, 1.82) is 0 Å². The van der Waals surface area contributed by atoms with E-state index < -0.39 is 5.54 Å². The first kappa shape index (κ1) is 12.3. The summed E-state index contributed by atoms with van der Waals surface area (Å²) < 4.78 is 10.5. The zero-order chi connectivity index (χ0) is 12.3. The molecule has 3 amide bonds. The van der Waals surface area contributed by atoms with E-state index in [0.717, 1.165) is 12.8 Å². The molecule has 0 radical (unpaired) electrons. The summed E-state index contributed by atoms with van der Waals surface area (Å²) >= 11 is 0. The SMILES string of the molecule is COCCOC1CCC2(CC1)NC(=O)NC2=O. The van der Waals surface area contributed by atoms with Crippen LogP contribution in [0.1, 0.15) is 25.7 Å². The number of imide groups is 1. The van der Waals surface area contributed by atoms with Gasteiger partial charge in [0, 0.05) is 7.11 Å². The molecule has 2 aliphatic rings. The molecule has 17 heavy (non-hydrogen) atoms. The fourth-order valence-corrected chi connectivity index (χ4v) is 2.43. The third-order valence-electron chi connectivity index (χ3n) is 3.44. The maximum Gasteiger partial charge on any atom is 0.322 e. The van der Waals surface area contributed by atoms with E-state index in [0.29, 0.717) is 26.1 Å². The third kappa shape index (κ3) is 2.58. The zero-order valence-electron chi connectivity index (χ0n) is 9.95. The van der Waals surface area contributed by atoms with Gasteiger partial charge in [0.2, 0.25) is 0 Å². The third-order valence-corrected chi connectivity index (χ3v) is 3.44. The van der Waals surface area contributed by atoms with Gasteiger partial charge in [0.1, 0.15) is 5.54 Å². The summed E-state index contributed by atoms with van der Waals surface area (Å²) in [5.41, 5.74) is -0.682. The molecule has 2 fully saturated rings. The molecule has 0 aromatic heterocycles. The van der Waals surface area contributed by atoms with Crippen LogP contribution in [0.4, 0.5) is 4.79 Å². The Morgan fingerprint density at radius 3 is 2.53 bits per heavy atom. The van der Waals surface area contributed by atoms with Crippen LogP contribution in [0, 0.1) is 0 Å². The molecule has 6 nitrogen and oxygen atoms in total. The van der Waals surface area contributed by atoms with Crippen molar-refractivity contribution in [3.63, 3.8) is 0 Å². The number of carbonyl (C=O) groups is 2. The van der Waals surface area contributed by atoms with Crippen LogP contribution in [0.25, 0.3) is 0 Å². The average Bonchev–Trinajstić information content (AvgIpc) is 2.57. The zero-order valence-corrected chi connectivity index (χ0v) is 9.95. The van der Waals surface area contributed by atoms with Crippen LogP contribution in [-0.4, -0.2) is 43.9 Å². The van der Waals surface area contributed by atoms with E-state index in [1.807, 2.05) is 0 Å². The summed E-state index contributed by atoms with van der Waals surface area (Å²) in [7, 11) is 1.64. The van der Waals surface area contributed by atoms with Gasteiger partial charge in [0.15, 0.2) is 0 Å². The molecule has 1 spiro atoms. The minimum atomic E-state index is -0.682. The Morgan fingerprint density at radius 1 is 1.29 bits per heavy atom. The number of amides is 3. The minimum absolute atomic E-state index is 0.168. The fraction of sp³-hybridized carbons (Fsp3) is 0.818. The van der Waals surface area contributed by atoms with E-state index in [-0.39, 0.29) is 18.0 Å². The van der Waals surface area contributed by atoms with Crippen molar-refractivity contribution < 1.29 is 19.1 Å². The summed E-state index contributed by atoms with van der Waals surface area (Å²) in [6.45, 7) is 1.16. The van der Waals surface area contributed by atoms with Gasteiger partial charge in [-0.15, -0.1) is 0 Å². The predicted octanol–water partition coefficient (Wildman–Crippen LogP) is 0.170. The van der Waals surface area contributed by atoms with E-state index >= 15 is 0 Å². The van der Waals surface area contributed by atoms with Crippen molar-refractivity contribution in [1.82, 2.24) is 10.6 Å². The van der Waals surface area contributed by atoms with Gasteiger partial charge in [-0.3, -0.25) is 10.1 Å². The van der Waals surface area contributed by atoms with Crippen LogP contribution in [0.5, 0.6) is 0 Å². The first-order chi connectivity index (χ1) is 8.16. The van der Waals surface area contributed by atoms with E-state index in [4.69, 9.17) is 9.47 Å². The van der Waals surface area contributed by atoms with E-state index in [1.165, 1.54) is 0 Å². The second-order valence-corrected chi connectivity index (χ2v) is 4.55. The van der Waals surface area contributed by atoms with Crippen molar-refractivity contribution in [2.75, 3.05) is 20.3 Å². The largest absolute Gasteiger partial charge is 0.382 e. The number of methoxy groups -OCH3 is 1. The lowest BCUT2D eigenvalue weighted by Gasteiger charge is -2.34. The van der Waals surface area contributed by atoms with Gasteiger partial charge < -0.3 is 14.8 Å². The number of rotatable bonds is 4. The van der Waals surface area contributed by atoms with Gasteiger partial charge in [-0.05, 0) is 25.7 Å². The van der Waals surface area contributed by atoms with Crippen molar-refractivity contribution in [3.05, 3.63) is 0 Å². The maximum absolute atomic E-state index is 11.7. The molecular weight excluding hydrogens is 224 g/mol. The molecule has 6 heteroatoms. The molecular formula is C11H18N2O4. The van der Waals surface area contributed by atoms with Crippen LogP contribution < -0.4 is 10.6 Å². The molecule has 1 aliphatic heterocycles. The smallest absolute Gasteiger partial charge is 0.322 e. The first-order valence-corrected chi connectivity index (χ1v) is 5.90. The maximum atomic E-state index is 11.7. The number of carbonyl (C=O) groups excluding carboxylic acids is 2. The van der Waals surface area contributed by atoms with Gasteiger partial charge >= 0.3 is 6.03 Å². The van der Waals surface area contributed by atoms with Crippen molar-refractivity contribution in [3.8, 4) is 0 Å². The van der Waals surface area contributed by atoms with E-state index in [2.05, 4.69) is 10.6 Å². The summed E-state index contributed by atoms with van der Waals surface area (Å²) in [4.78, 5) is 22.8. The summed E-state index contributed by atoms with van der Waals surface area (Å²) in [5, 5.41) is 5.02. The molecule has 1 saturated carbocycles. The summed E-state index contributed by atoms with van der Waals surface area (Å²) in [5.74, 6) is -0.196. The highest BCUT2D eigenvalue weighted by atomic mass is 16.5. The van der Waals surface area contributed by atoms with Gasteiger partial charge in [-0.25, -0.2) is 4.79 Å². The number of hydrogen-bond acceptors (Lipinski definition) is 4. The van der Waals surface area contributed by atoms with Crippen LogP contribution in [0.2, 0.25) is 0 Å². The van der Waals surface area contributed by atoms with Crippen molar-refractivity contribution in [2.45, 2.75) is 37.3 Å². The van der Waals surface area contributed by atoms with Crippen LogP contribution in [-0.2, 0) is 14.3 Å². The van der Waals surface area contributed by atoms with Gasteiger partial charge in [-0.2, -0.15) is 0 Å². The molecule has 0 atom stereocenters. The van der Waals surface area contributed by atoms with Gasteiger partial charge in [0.05, 0.1) is 19.3 Å². The Labute approximate surface area is 100 Å². The highest BCUT2D eigenvalue weighted by molar-refractivity contribution is 6.07. The van der Waals surface area contributed by atoms with Crippen molar-refractivity contribution in [2.24, 2.45) is 0 Å². The quantitative estimate of drug-likeness (QED) is 0.544. The number of nitrogens with one attached hydrogen (secondary N) is 2. The standard InChI is InChI=1S/C11H18N2O4/c1-16-6-7-17-8-2-4-11(5-3-8)9(14)12-10(15)13-11/h8H,2-7H2,1H3,(H2,12,13,14,15). The Bertz CT molecular complexity index is 311. The normalized spacial score (nSPS) is 32.6. The highest BCUT2D eigenvalue weighted by Crippen LogP contribution is 2.32. The molecule has 2 N–H and O–H groups in total. The molecule has 96 valence electrons. The van der Waals surface area contributed by atoms with E-state index in [9.17, 15) is 9.59 Å². The lowest BCUT2D eigenvalue weighted by molar-refractivity contribution is -0.126. The second-order valence-electron chi connectivity index (χ2n) is 4.55. The van der Waals surface area contributed by atoms with Crippen LogP contribution in [0.15, 0.2) is 0 Å². The van der Waals surface area contributed by atoms with Gasteiger partial charge in [-0.1, -0.05) is 0 Å². The number of urea groups is 1. The monoisotopic (exact) mass is 242 g/mol. The molecule has 1 aliphatic carbocycles. The Morgan fingerprint density at radius 2 is 2.00 bits per heavy atom. The lowest BCUT2D eigenvalue weighted by atomic mass is 9.80. The highest BCUT2D eigenvalue weighted by Gasteiger charge is 2.48. The Hall–Kier alpha value is -1.14. The Kier molecular flexibility index (Phi) is 3.63. The molecule has 0 bridgehead atoms. The summed E-state index contributed by atoms with van der Waals surface area (Å²) in [6, 6.07) is -0.381. The van der Waals surface area contributed by atoms with Crippen molar-refractivity contribution >= 4 is 11.9 Å². The first-order valence-electron chi connectivity index (χ1n) is 5.90. The molecule has 0 aromatic carbocycles. The van der Waals surface area contributed by atoms with Crippen LogP contribution in [0.3, 0.4) is 0 Å². The average molecular weight is 242 g/mol. The van der Waals surface area contributed by atoms with Crippen LogP contribution >= 0.6 is 0 Å². The number of ether oxygens (including phenoxy) is 2. The van der Waals surface area contributed by atoms with Gasteiger partial charge in [0.25, 0.3) is 5.91 Å². The molecule has 1 heterocycles. The van der Waals surface area contributed by atoms with E-state index in [1.54, 1.807) is 7.11 Å². The fourth-order valence-electron chi connectivity index (χ4n) is 2.43. The predicted molar refractivity (Wildman–Crippen MR) is 59.5 cm³/mol. The molecule has 0 aromatic rings. The minimum Gasteiger partial charge on any atom is -0.382 e.